The molecule has 1 fully saturated rings. The highest BCUT2D eigenvalue weighted by atomic mass is 32.1. The maximum Gasteiger partial charge on any atom is 0.410 e. The number of aromatic nitrogens is 1. The van der Waals surface area contributed by atoms with Crippen LogP contribution >= 0.6 is 11.3 Å². The van der Waals surface area contributed by atoms with Crippen molar-refractivity contribution in [3.05, 3.63) is 34.8 Å². The van der Waals surface area contributed by atoms with Crippen LogP contribution in [-0.4, -0.2) is 53.2 Å². The molecule has 168 valence electrons. The number of carbonyl (C=O) groups is 1. The highest BCUT2D eigenvalue weighted by molar-refractivity contribution is 7.19. The van der Waals surface area contributed by atoms with Crippen LogP contribution in [0.15, 0.2) is 24.3 Å². The number of amides is 1. The molecule has 2 aromatic rings. The lowest BCUT2D eigenvalue weighted by molar-refractivity contribution is 0.00365. The highest BCUT2D eigenvalue weighted by Crippen LogP contribution is 2.38. The summed E-state index contributed by atoms with van der Waals surface area (Å²) in [5.41, 5.74) is 3.07. The zero-order valence-corrected chi connectivity index (χ0v) is 20.5. The lowest BCUT2D eigenvalue weighted by Gasteiger charge is -2.39. The molecule has 0 aliphatic carbocycles. The largest absolute Gasteiger partial charge is 0.444 e. The van der Waals surface area contributed by atoms with E-state index < -0.39 is 5.60 Å². The summed E-state index contributed by atoms with van der Waals surface area (Å²) in [6.07, 6.45) is 4.17. The zero-order valence-electron chi connectivity index (χ0n) is 19.6. The van der Waals surface area contributed by atoms with Crippen LogP contribution in [0.4, 0.5) is 4.79 Å². The van der Waals surface area contributed by atoms with E-state index in [2.05, 4.69) is 50.1 Å². The van der Waals surface area contributed by atoms with Gasteiger partial charge in [0, 0.05) is 19.6 Å². The first kappa shape index (κ1) is 22.3. The first-order chi connectivity index (χ1) is 14.6. The third kappa shape index (κ3) is 4.96. The van der Waals surface area contributed by atoms with Gasteiger partial charge in [0.05, 0.1) is 16.3 Å². The van der Waals surface area contributed by atoms with Crippen molar-refractivity contribution < 1.29 is 9.53 Å². The molecule has 1 amide bonds. The van der Waals surface area contributed by atoms with Gasteiger partial charge >= 0.3 is 6.09 Å². The second-order valence-corrected chi connectivity index (χ2v) is 11.4. The van der Waals surface area contributed by atoms with Gasteiger partial charge in [-0.15, -0.1) is 11.3 Å². The van der Waals surface area contributed by atoms with Crippen LogP contribution in [0.2, 0.25) is 0 Å². The lowest BCUT2D eigenvalue weighted by atomic mass is 9.90. The molecular weight excluding hydrogens is 406 g/mol. The smallest absolute Gasteiger partial charge is 0.410 e. The molecule has 1 aromatic heterocycles. The molecule has 3 unspecified atom stereocenters. The highest BCUT2D eigenvalue weighted by Gasteiger charge is 2.34. The van der Waals surface area contributed by atoms with E-state index in [-0.39, 0.29) is 12.1 Å². The van der Waals surface area contributed by atoms with Crippen molar-refractivity contribution in [1.82, 2.24) is 14.8 Å². The molecule has 31 heavy (non-hydrogen) atoms. The minimum absolute atomic E-state index is 0.0436. The van der Waals surface area contributed by atoms with Crippen LogP contribution in [0.1, 0.15) is 64.1 Å². The van der Waals surface area contributed by atoms with E-state index in [1.807, 2.05) is 25.7 Å². The fourth-order valence-corrected chi connectivity index (χ4v) is 5.79. The topological polar surface area (TPSA) is 45.7 Å². The summed E-state index contributed by atoms with van der Waals surface area (Å²) in [7, 11) is 2.16. The number of hydrogen-bond acceptors (Lipinski definition) is 5. The number of carbonyl (C=O) groups excluding carboxylic acids is 1. The molecule has 2 aliphatic rings. The van der Waals surface area contributed by atoms with Crippen molar-refractivity contribution in [1.29, 1.82) is 0 Å². The van der Waals surface area contributed by atoms with Crippen LogP contribution in [-0.2, 0) is 4.74 Å². The van der Waals surface area contributed by atoms with E-state index in [4.69, 9.17) is 9.72 Å². The van der Waals surface area contributed by atoms with E-state index in [9.17, 15) is 4.79 Å². The molecule has 4 rings (SSSR count). The Morgan fingerprint density at radius 3 is 2.68 bits per heavy atom. The fraction of sp³-hybridized carbons (Fsp3) is 0.600. The lowest BCUT2D eigenvalue weighted by Crippen LogP contribution is -2.44. The molecule has 0 radical (unpaired) electrons. The second-order valence-electron chi connectivity index (χ2n) is 10.4. The number of nitrogens with zero attached hydrogens (tertiary/aromatic N) is 3. The van der Waals surface area contributed by atoms with Crippen LogP contribution in [0.5, 0.6) is 0 Å². The molecule has 3 atom stereocenters. The number of hydrogen-bond donors (Lipinski definition) is 0. The molecule has 1 saturated heterocycles. The SMILES string of the molecule is CC1CCC(c2ccc3sc(C4=CCN(C)CC4C)nc3c2)N(C(=O)OC(C)(C)C)C1. The summed E-state index contributed by atoms with van der Waals surface area (Å²) in [6, 6.07) is 6.58. The van der Waals surface area contributed by atoms with E-state index in [0.717, 1.165) is 48.6 Å². The second kappa shape index (κ2) is 8.55. The molecule has 6 heteroatoms. The molecule has 3 heterocycles. The summed E-state index contributed by atoms with van der Waals surface area (Å²) in [6.45, 7) is 13.0. The molecular formula is C25H35N3O2S. The Balaban J connectivity index is 1.63. The van der Waals surface area contributed by atoms with Gasteiger partial charge in [-0.1, -0.05) is 26.0 Å². The van der Waals surface area contributed by atoms with Gasteiger partial charge in [0.2, 0.25) is 0 Å². The van der Waals surface area contributed by atoms with Crippen molar-refractivity contribution in [3.63, 3.8) is 0 Å². The molecule has 0 spiro atoms. The Labute approximate surface area is 190 Å². The number of likely N-dealkylation sites (tertiary alicyclic amines) is 1. The average molecular weight is 442 g/mol. The third-order valence-corrected chi connectivity index (χ3v) is 7.31. The third-order valence-electron chi connectivity index (χ3n) is 6.23. The normalized spacial score (nSPS) is 25.5. The fourth-order valence-electron chi connectivity index (χ4n) is 4.69. The van der Waals surface area contributed by atoms with Gasteiger partial charge in [-0.05, 0) is 75.8 Å². The molecule has 1 aromatic carbocycles. The summed E-state index contributed by atoms with van der Waals surface area (Å²) in [5, 5.41) is 1.13. The van der Waals surface area contributed by atoms with Crippen molar-refractivity contribution in [2.45, 2.75) is 59.1 Å². The standard InChI is InChI=1S/C25H35N3O2S/c1-16-7-9-21(28(14-16)24(29)30-25(3,4)5)18-8-10-22-20(13-18)26-23(31-22)19-11-12-27(6)15-17(19)2/h8,10-11,13,16-17,21H,7,9,12,14-15H2,1-6H3. The number of piperidine rings is 1. The summed E-state index contributed by atoms with van der Waals surface area (Å²) < 4.78 is 6.94. The van der Waals surface area contributed by atoms with Gasteiger partial charge in [-0.2, -0.15) is 0 Å². The van der Waals surface area contributed by atoms with Crippen LogP contribution in [0.25, 0.3) is 15.8 Å². The number of benzene rings is 1. The molecule has 2 aliphatic heterocycles. The Bertz CT molecular complexity index is 990. The minimum Gasteiger partial charge on any atom is -0.444 e. The maximum absolute atomic E-state index is 13.0. The van der Waals surface area contributed by atoms with Gasteiger partial charge in [0.1, 0.15) is 10.6 Å². The minimum atomic E-state index is -0.491. The number of likely N-dealkylation sites (N-methyl/N-ethyl adjacent to an activating group) is 1. The maximum atomic E-state index is 13.0. The first-order valence-corrected chi connectivity index (χ1v) is 12.2. The number of fused-ring (bicyclic) bond motifs is 1. The Morgan fingerprint density at radius 2 is 1.97 bits per heavy atom. The van der Waals surface area contributed by atoms with Crippen LogP contribution < -0.4 is 0 Å². The van der Waals surface area contributed by atoms with E-state index in [1.165, 1.54) is 10.3 Å². The predicted octanol–water partition coefficient (Wildman–Crippen LogP) is 5.97. The molecule has 0 saturated carbocycles. The Morgan fingerprint density at radius 1 is 1.19 bits per heavy atom. The first-order valence-electron chi connectivity index (χ1n) is 11.4. The van der Waals surface area contributed by atoms with Crippen molar-refractivity contribution >= 4 is 33.2 Å². The van der Waals surface area contributed by atoms with Gasteiger partial charge in [0.25, 0.3) is 0 Å². The zero-order chi connectivity index (χ0) is 22.3. The Kier molecular flexibility index (Phi) is 6.14. The predicted molar refractivity (Wildman–Crippen MR) is 128 cm³/mol. The number of rotatable bonds is 2. The van der Waals surface area contributed by atoms with Gasteiger partial charge < -0.3 is 14.5 Å². The van der Waals surface area contributed by atoms with Crippen LogP contribution in [0, 0.1) is 11.8 Å². The molecule has 0 bridgehead atoms. The van der Waals surface area contributed by atoms with Crippen molar-refractivity contribution in [2.24, 2.45) is 11.8 Å². The summed E-state index contributed by atoms with van der Waals surface area (Å²) >= 11 is 1.78. The monoisotopic (exact) mass is 441 g/mol. The summed E-state index contributed by atoms with van der Waals surface area (Å²) in [4.78, 5) is 22.2. The van der Waals surface area contributed by atoms with Crippen molar-refractivity contribution in [2.75, 3.05) is 26.7 Å². The van der Waals surface area contributed by atoms with E-state index in [0.29, 0.717) is 11.8 Å². The van der Waals surface area contributed by atoms with Gasteiger partial charge in [-0.25, -0.2) is 9.78 Å². The van der Waals surface area contributed by atoms with E-state index >= 15 is 0 Å². The molecule has 0 N–H and O–H groups in total. The summed E-state index contributed by atoms with van der Waals surface area (Å²) in [5.74, 6) is 0.970. The quantitative estimate of drug-likeness (QED) is 0.576. The Hall–Kier alpha value is -1.92. The van der Waals surface area contributed by atoms with Crippen molar-refractivity contribution in [3.8, 4) is 0 Å². The van der Waals surface area contributed by atoms with E-state index in [1.54, 1.807) is 11.3 Å². The number of ether oxygens (including phenoxy) is 1. The molecule has 5 nitrogen and oxygen atoms in total. The number of thiazole rings is 1. The average Bonchev–Trinajstić information content (AvgIpc) is 3.09. The van der Waals surface area contributed by atoms with Gasteiger partial charge in [0.15, 0.2) is 0 Å². The van der Waals surface area contributed by atoms with Gasteiger partial charge in [-0.3, -0.25) is 0 Å². The van der Waals surface area contributed by atoms with Crippen LogP contribution in [0.3, 0.4) is 0 Å².